The average Bonchev–Trinajstić information content (AvgIpc) is 3.02. The molecule has 0 aromatic carbocycles. The van der Waals surface area contributed by atoms with Crippen molar-refractivity contribution in [3.8, 4) is 0 Å². The average molecular weight is 324 g/mol. The Morgan fingerprint density at radius 1 is 1.04 bits per heavy atom. The largest absolute Gasteiger partial charge is 0.468 e. The third-order valence-electron chi connectivity index (χ3n) is 5.92. The van der Waals surface area contributed by atoms with Crippen molar-refractivity contribution in [3.63, 3.8) is 0 Å². The molecule has 0 bridgehead atoms. The van der Waals surface area contributed by atoms with Crippen molar-refractivity contribution in [2.24, 2.45) is 5.92 Å². The Labute approximate surface area is 140 Å². The SMILES string of the molecule is COC(=O)[C@@H]1CCCN1C1CCN(CCOCC2CCC2)CC1. The van der Waals surface area contributed by atoms with Crippen LogP contribution in [0.4, 0.5) is 0 Å². The summed E-state index contributed by atoms with van der Waals surface area (Å²) in [6.07, 6.45) is 8.53. The van der Waals surface area contributed by atoms with Crippen LogP contribution in [0, 0.1) is 5.92 Å². The van der Waals surface area contributed by atoms with Gasteiger partial charge in [0.05, 0.1) is 13.7 Å². The first-order chi connectivity index (χ1) is 11.3. The highest BCUT2D eigenvalue weighted by atomic mass is 16.5. The Morgan fingerprint density at radius 3 is 2.48 bits per heavy atom. The molecule has 0 aromatic rings. The molecule has 1 saturated carbocycles. The van der Waals surface area contributed by atoms with Gasteiger partial charge in [-0.2, -0.15) is 0 Å². The second kappa shape index (κ2) is 8.45. The number of nitrogens with zero attached hydrogens (tertiary/aromatic N) is 2. The Balaban J connectivity index is 1.33. The van der Waals surface area contributed by atoms with Crippen LogP contribution in [0.15, 0.2) is 0 Å². The van der Waals surface area contributed by atoms with Crippen molar-refractivity contribution in [2.45, 2.75) is 57.0 Å². The predicted octanol–water partition coefficient (Wildman–Crippen LogP) is 1.90. The fourth-order valence-corrected chi connectivity index (χ4v) is 4.19. The Bertz CT molecular complexity index is 378. The maximum absolute atomic E-state index is 11.9. The third kappa shape index (κ3) is 4.46. The van der Waals surface area contributed by atoms with Gasteiger partial charge in [-0.3, -0.25) is 9.69 Å². The first-order valence-electron chi connectivity index (χ1n) is 9.41. The van der Waals surface area contributed by atoms with Gasteiger partial charge in [0.1, 0.15) is 6.04 Å². The minimum absolute atomic E-state index is 0.00219. The summed E-state index contributed by atoms with van der Waals surface area (Å²) in [6, 6.07) is 0.552. The highest BCUT2D eigenvalue weighted by Crippen LogP contribution is 2.27. The second-order valence-corrected chi connectivity index (χ2v) is 7.36. The van der Waals surface area contributed by atoms with Gasteiger partial charge in [-0.15, -0.1) is 0 Å². The van der Waals surface area contributed by atoms with Crippen LogP contribution in [-0.4, -0.2) is 74.4 Å². The van der Waals surface area contributed by atoms with E-state index in [1.54, 1.807) is 0 Å². The molecule has 23 heavy (non-hydrogen) atoms. The molecule has 1 aliphatic carbocycles. The molecule has 0 aromatic heterocycles. The van der Waals surface area contributed by atoms with Crippen LogP contribution < -0.4 is 0 Å². The lowest BCUT2D eigenvalue weighted by Crippen LogP contribution is -2.49. The lowest BCUT2D eigenvalue weighted by molar-refractivity contribution is -0.147. The van der Waals surface area contributed by atoms with E-state index in [-0.39, 0.29) is 12.0 Å². The van der Waals surface area contributed by atoms with Gasteiger partial charge in [-0.25, -0.2) is 0 Å². The summed E-state index contributed by atoms with van der Waals surface area (Å²) >= 11 is 0. The Hall–Kier alpha value is -0.650. The Morgan fingerprint density at radius 2 is 1.83 bits per heavy atom. The molecular formula is C18H32N2O3. The number of piperidine rings is 1. The molecule has 0 amide bonds. The van der Waals surface area contributed by atoms with Crippen LogP contribution in [0.1, 0.15) is 44.9 Å². The van der Waals surface area contributed by atoms with E-state index in [2.05, 4.69) is 9.80 Å². The van der Waals surface area contributed by atoms with Crippen molar-refractivity contribution in [3.05, 3.63) is 0 Å². The molecule has 0 unspecified atom stereocenters. The normalized spacial score (nSPS) is 28.0. The van der Waals surface area contributed by atoms with E-state index in [0.717, 1.165) is 71.0 Å². The molecule has 0 N–H and O–H groups in total. The molecule has 0 spiro atoms. The monoisotopic (exact) mass is 324 g/mol. The molecule has 3 fully saturated rings. The molecule has 5 nitrogen and oxygen atoms in total. The van der Waals surface area contributed by atoms with Gasteiger partial charge in [0.25, 0.3) is 0 Å². The van der Waals surface area contributed by atoms with E-state index in [9.17, 15) is 4.79 Å². The zero-order chi connectivity index (χ0) is 16.1. The van der Waals surface area contributed by atoms with Gasteiger partial charge in [-0.1, -0.05) is 6.42 Å². The van der Waals surface area contributed by atoms with Gasteiger partial charge >= 0.3 is 5.97 Å². The van der Waals surface area contributed by atoms with Crippen molar-refractivity contribution in [2.75, 3.05) is 46.5 Å². The number of hydrogen-bond acceptors (Lipinski definition) is 5. The number of hydrogen-bond donors (Lipinski definition) is 0. The maximum atomic E-state index is 11.9. The van der Waals surface area contributed by atoms with E-state index >= 15 is 0 Å². The van der Waals surface area contributed by atoms with E-state index in [0.29, 0.717) is 6.04 Å². The highest BCUT2D eigenvalue weighted by Gasteiger charge is 2.37. The van der Waals surface area contributed by atoms with E-state index in [1.165, 1.54) is 26.4 Å². The molecule has 2 heterocycles. The summed E-state index contributed by atoms with van der Waals surface area (Å²) in [5, 5.41) is 0. The molecule has 3 aliphatic rings. The van der Waals surface area contributed by atoms with E-state index in [4.69, 9.17) is 9.47 Å². The molecular weight excluding hydrogens is 292 g/mol. The zero-order valence-corrected chi connectivity index (χ0v) is 14.5. The van der Waals surface area contributed by atoms with Crippen LogP contribution in [-0.2, 0) is 14.3 Å². The smallest absolute Gasteiger partial charge is 0.323 e. The number of carbonyl (C=O) groups is 1. The van der Waals surface area contributed by atoms with E-state index in [1.807, 2.05) is 0 Å². The molecule has 1 atom stereocenters. The summed E-state index contributed by atoms with van der Waals surface area (Å²) in [4.78, 5) is 16.8. The van der Waals surface area contributed by atoms with Gasteiger partial charge in [0.2, 0.25) is 0 Å². The highest BCUT2D eigenvalue weighted by molar-refractivity contribution is 5.76. The van der Waals surface area contributed by atoms with Gasteiger partial charge < -0.3 is 14.4 Å². The number of methoxy groups -OCH3 is 1. The molecule has 0 radical (unpaired) electrons. The minimum Gasteiger partial charge on any atom is -0.468 e. The van der Waals surface area contributed by atoms with Crippen LogP contribution in [0.5, 0.6) is 0 Å². The van der Waals surface area contributed by atoms with Crippen molar-refractivity contribution in [1.29, 1.82) is 0 Å². The molecule has 3 rings (SSSR count). The number of esters is 1. The molecule has 2 aliphatic heterocycles. The topological polar surface area (TPSA) is 42.0 Å². The summed E-state index contributed by atoms with van der Waals surface area (Å²) in [7, 11) is 1.51. The van der Waals surface area contributed by atoms with Gasteiger partial charge in [0, 0.05) is 19.2 Å². The summed E-state index contributed by atoms with van der Waals surface area (Å²) in [6.45, 7) is 6.19. The summed E-state index contributed by atoms with van der Waals surface area (Å²) in [5.41, 5.74) is 0. The van der Waals surface area contributed by atoms with Gasteiger partial charge in [-0.05, 0) is 64.1 Å². The van der Waals surface area contributed by atoms with Crippen LogP contribution in [0.3, 0.4) is 0 Å². The molecule has 5 heteroatoms. The molecule has 132 valence electrons. The first-order valence-corrected chi connectivity index (χ1v) is 9.41. The second-order valence-electron chi connectivity index (χ2n) is 7.36. The minimum atomic E-state index is -0.0469. The number of likely N-dealkylation sites (tertiary alicyclic amines) is 2. The fraction of sp³-hybridized carbons (Fsp3) is 0.944. The van der Waals surface area contributed by atoms with Crippen molar-refractivity contribution >= 4 is 5.97 Å². The summed E-state index contributed by atoms with van der Waals surface area (Å²) < 4.78 is 10.8. The first kappa shape index (κ1) is 17.2. The third-order valence-corrected chi connectivity index (χ3v) is 5.92. The number of carbonyl (C=O) groups excluding carboxylic acids is 1. The zero-order valence-electron chi connectivity index (χ0n) is 14.5. The number of rotatable bonds is 7. The van der Waals surface area contributed by atoms with Gasteiger partial charge in [0.15, 0.2) is 0 Å². The van der Waals surface area contributed by atoms with Crippen LogP contribution in [0.2, 0.25) is 0 Å². The lowest BCUT2D eigenvalue weighted by atomic mass is 9.86. The summed E-state index contributed by atoms with van der Waals surface area (Å²) in [5.74, 6) is 0.792. The van der Waals surface area contributed by atoms with Crippen molar-refractivity contribution < 1.29 is 14.3 Å². The maximum Gasteiger partial charge on any atom is 0.323 e. The van der Waals surface area contributed by atoms with Crippen LogP contribution >= 0.6 is 0 Å². The predicted molar refractivity (Wildman–Crippen MR) is 89.4 cm³/mol. The van der Waals surface area contributed by atoms with Crippen molar-refractivity contribution in [1.82, 2.24) is 9.80 Å². The Kier molecular flexibility index (Phi) is 6.31. The fourth-order valence-electron chi connectivity index (χ4n) is 4.19. The van der Waals surface area contributed by atoms with Crippen LogP contribution in [0.25, 0.3) is 0 Å². The quantitative estimate of drug-likeness (QED) is 0.528. The lowest BCUT2D eigenvalue weighted by Gasteiger charge is -2.38. The number of ether oxygens (including phenoxy) is 2. The van der Waals surface area contributed by atoms with E-state index < -0.39 is 0 Å². The molecule has 2 saturated heterocycles. The standard InChI is InChI=1S/C18H32N2O3/c1-22-18(21)17-6-3-9-20(17)16-7-10-19(11-8-16)12-13-23-14-15-4-2-5-15/h15-17H,2-14H2,1H3/t17-/m0/s1.